The lowest BCUT2D eigenvalue weighted by atomic mass is 10.1. The van der Waals surface area contributed by atoms with Gasteiger partial charge in [-0.3, -0.25) is 9.10 Å². The molecule has 3 aromatic rings. The first-order valence-corrected chi connectivity index (χ1v) is 12.3. The van der Waals surface area contributed by atoms with E-state index in [1.165, 1.54) is 32.7 Å². The van der Waals surface area contributed by atoms with Crippen LogP contribution in [0.1, 0.15) is 17.5 Å². The maximum absolute atomic E-state index is 12.9. The number of anilines is 1. The van der Waals surface area contributed by atoms with E-state index in [9.17, 15) is 13.2 Å². The summed E-state index contributed by atoms with van der Waals surface area (Å²) in [6, 6.07) is 16.5. The molecule has 3 rings (SSSR count). The Balaban J connectivity index is 1.64. The Kier molecular flexibility index (Phi) is 8.24. The summed E-state index contributed by atoms with van der Waals surface area (Å²) in [6.45, 7) is 1.89. The van der Waals surface area contributed by atoms with E-state index >= 15 is 0 Å². The number of rotatable bonds is 10. The van der Waals surface area contributed by atoms with Crippen LogP contribution < -0.4 is 23.3 Å². The van der Waals surface area contributed by atoms with Gasteiger partial charge in [-0.05, 0) is 67.4 Å². The molecule has 0 saturated heterocycles. The molecule has 0 fully saturated rings. The lowest BCUT2D eigenvalue weighted by molar-refractivity contribution is -0.134. The zero-order valence-corrected chi connectivity index (χ0v) is 21.2. The van der Waals surface area contributed by atoms with Crippen LogP contribution in [0.15, 0.2) is 65.6 Å². The molecular weight excluding hydrogens is 470 g/mol. The van der Waals surface area contributed by atoms with Gasteiger partial charge in [0.2, 0.25) is 5.75 Å². The van der Waals surface area contributed by atoms with E-state index in [4.69, 9.17) is 18.9 Å². The van der Waals surface area contributed by atoms with Crippen molar-refractivity contribution < 1.29 is 32.2 Å². The van der Waals surface area contributed by atoms with Crippen molar-refractivity contribution in [1.82, 2.24) is 0 Å². The molecule has 0 heterocycles. The summed E-state index contributed by atoms with van der Waals surface area (Å²) in [5.74, 6) is 1.40. The SMILES string of the molecule is COc1cc(CCC(=O)Oc2ccc(N(C)S(=O)(=O)c3ccc(C)cc3)cc2)cc(OC)c1OC. The predicted molar refractivity (Wildman–Crippen MR) is 133 cm³/mol. The summed E-state index contributed by atoms with van der Waals surface area (Å²) < 4.78 is 48.3. The summed E-state index contributed by atoms with van der Waals surface area (Å²) in [7, 11) is 2.36. The summed E-state index contributed by atoms with van der Waals surface area (Å²) in [4.78, 5) is 12.6. The van der Waals surface area contributed by atoms with E-state index in [2.05, 4.69) is 0 Å². The summed E-state index contributed by atoms with van der Waals surface area (Å²) >= 11 is 0. The Morgan fingerprint density at radius 3 is 1.94 bits per heavy atom. The van der Waals surface area contributed by atoms with Crippen LogP contribution in [0.2, 0.25) is 0 Å². The number of hydrogen-bond donors (Lipinski definition) is 0. The minimum atomic E-state index is -3.70. The zero-order valence-electron chi connectivity index (χ0n) is 20.4. The molecule has 0 saturated carbocycles. The number of ether oxygens (including phenoxy) is 4. The van der Waals surface area contributed by atoms with Crippen molar-refractivity contribution in [3.05, 3.63) is 71.8 Å². The van der Waals surface area contributed by atoms with Crippen LogP contribution in [-0.2, 0) is 21.2 Å². The second kappa shape index (κ2) is 11.1. The Labute approximate surface area is 206 Å². The van der Waals surface area contributed by atoms with Crippen molar-refractivity contribution in [3.63, 3.8) is 0 Å². The quantitative estimate of drug-likeness (QED) is 0.302. The van der Waals surface area contributed by atoms with Crippen molar-refractivity contribution >= 4 is 21.7 Å². The van der Waals surface area contributed by atoms with E-state index in [0.717, 1.165) is 11.1 Å². The Morgan fingerprint density at radius 2 is 1.43 bits per heavy atom. The van der Waals surface area contributed by atoms with Gasteiger partial charge in [-0.15, -0.1) is 0 Å². The molecule has 186 valence electrons. The van der Waals surface area contributed by atoms with E-state index in [0.29, 0.717) is 35.1 Å². The summed E-state index contributed by atoms with van der Waals surface area (Å²) in [5, 5.41) is 0. The number of methoxy groups -OCH3 is 3. The topological polar surface area (TPSA) is 91.4 Å². The molecule has 0 aliphatic heterocycles. The molecular formula is C26H29NO7S. The molecule has 0 amide bonds. The normalized spacial score (nSPS) is 11.0. The van der Waals surface area contributed by atoms with Crippen molar-refractivity contribution in [2.75, 3.05) is 32.7 Å². The number of hydrogen-bond acceptors (Lipinski definition) is 7. The molecule has 0 spiro atoms. The van der Waals surface area contributed by atoms with E-state index < -0.39 is 16.0 Å². The van der Waals surface area contributed by atoms with Crippen molar-refractivity contribution in [2.24, 2.45) is 0 Å². The highest BCUT2D eigenvalue weighted by atomic mass is 32.2. The van der Waals surface area contributed by atoms with Gasteiger partial charge in [-0.2, -0.15) is 0 Å². The van der Waals surface area contributed by atoms with Crippen LogP contribution in [0.4, 0.5) is 5.69 Å². The molecule has 35 heavy (non-hydrogen) atoms. The predicted octanol–water partition coefficient (Wildman–Crippen LogP) is 4.38. The smallest absolute Gasteiger partial charge is 0.311 e. The van der Waals surface area contributed by atoms with Crippen molar-refractivity contribution in [1.29, 1.82) is 0 Å². The first-order valence-electron chi connectivity index (χ1n) is 10.8. The van der Waals surface area contributed by atoms with Crippen LogP contribution in [0.5, 0.6) is 23.0 Å². The van der Waals surface area contributed by atoms with Gasteiger partial charge in [0.25, 0.3) is 10.0 Å². The molecule has 0 N–H and O–H groups in total. The molecule has 0 radical (unpaired) electrons. The molecule has 0 aliphatic carbocycles. The maximum Gasteiger partial charge on any atom is 0.311 e. The van der Waals surface area contributed by atoms with Crippen LogP contribution in [0, 0.1) is 6.92 Å². The van der Waals surface area contributed by atoms with Gasteiger partial charge >= 0.3 is 5.97 Å². The first-order chi connectivity index (χ1) is 16.7. The third-order valence-corrected chi connectivity index (χ3v) is 7.25. The monoisotopic (exact) mass is 499 g/mol. The first kappa shape index (κ1) is 25.9. The number of carbonyl (C=O) groups excluding carboxylic acids is 1. The highest BCUT2D eigenvalue weighted by Gasteiger charge is 2.21. The number of nitrogens with zero attached hydrogens (tertiary/aromatic N) is 1. The number of sulfonamides is 1. The molecule has 0 aromatic heterocycles. The highest BCUT2D eigenvalue weighted by Crippen LogP contribution is 2.38. The van der Waals surface area contributed by atoms with Crippen LogP contribution in [-0.4, -0.2) is 42.8 Å². The maximum atomic E-state index is 12.9. The van der Waals surface area contributed by atoms with E-state index in [-0.39, 0.29) is 11.3 Å². The number of benzene rings is 3. The van der Waals surface area contributed by atoms with E-state index in [1.54, 1.807) is 60.7 Å². The Bertz CT molecular complexity index is 1250. The molecule has 9 heteroatoms. The Morgan fingerprint density at radius 1 is 0.857 bits per heavy atom. The second-order valence-corrected chi connectivity index (χ2v) is 9.76. The minimum absolute atomic E-state index is 0.127. The Hall–Kier alpha value is -3.72. The highest BCUT2D eigenvalue weighted by molar-refractivity contribution is 7.92. The standard InChI is InChI=1S/C26H29NO7S/c1-18-6-13-22(14-7-18)35(29,30)27(2)20-9-11-21(12-10-20)34-25(28)15-8-19-16-23(31-3)26(33-5)24(17-19)32-4/h6-7,9-14,16-17H,8,15H2,1-5H3. The zero-order chi connectivity index (χ0) is 25.6. The third kappa shape index (κ3) is 6.05. The third-order valence-electron chi connectivity index (χ3n) is 5.45. The molecule has 8 nitrogen and oxygen atoms in total. The largest absolute Gasteiger partial charge is 0.493 e. The average Bonchev–Trinajstić information content (AvgIpc) is 2.87. The van der Waals surface area contributed by atoms with Gasteiger partial charge in [-0.25, -0.2) is 8.42 Å². The fourth-order valence-electron chi connectivity index (χ4n) is 3.44. The fraction of sp³-hybridized carbons (Fsp3) is 0.269. The van der Waals surface area contributed by atoms with Gasteiger partial charge in [-0.1, -0.05) is 17.7 Å². The lowest BCUT2D eigenvalue weighted by Gasteiger charge is -2.20. The van der Waals surface area contributed by atoms with Crippen LogP contribution >= 0.6 is 0 Å². The number of aryl methyl sites for hydroxylation is 2. The van der Waals surface area contributed by atoms with Gasteiger partial charge < -0.3 is 18.9 Å². The van der Waals surface area contributed by atoms with E-state index in [1.807, 2.05) is 6.92 Å². The average molecular weight is 500 g/mol. The van der Waals surface area contributed by atoms with Gasteiger partial charge in [0.05, 0.1) is 31.9 Å². The summed E-state index contributed by atoms with van der Waals surface area (Å²) in [5.41, 5.74) is 2.25. The number of carbonyl (C=O) groups is 1. The van der Waals surface area contributed by atoms with Gasteiger partial charge in [0, 0.05) is 13.5 Å². The summed E-state index contributed by atoms with van der Waals surface area (Å²) in [6.07, 6.45) is 0.535. The lowest BCUT2D eigenvalue weighted by Crippen LogP contribution is -2.26. The minimum Gasteiger partial charge on any atom is -0.493 e. The molecule has 0 atom stereocenters. The second-order valence-electron chi connectivity index (χ2n) is 7.79. The van der Waals surface area contributed by atoms with Crippen LogP contribution in [0.3, 0.4) is 0 Å². The molecule has 3 aromatic carbocycles. The molecule has 0 unspecified atom stereocenters. The fourth-order valence-corrected chi connectivity index (χ4v) is 4.64. The molecule has 0 aliphatic rings. The molecule has 0 bridgehead atoms. The van der Waals surface area contributed by atoms with Crippen molar-refractivity contribution in [2.45, 2.75) is 24.7 Å². The van der Waals surface area contributed by atoms with Gasteiger partial charge in [0.1, 0.15) is 5.75 Å². The van der Waals surface area contributed by atoms with Crippen molar-refractivity contribution in [3.8, 4) is 23.0 Å². The van der Waals surface area contributed by atoms with Crippen LogP contribution in [0.25, 0.3) is 0 Å². The number of esters is 1. The van der Waals surface area contributed by atoms with Gasteiger partial charge in [0.15, 0.2) is 11.5 Å².